The third kappa shape index (κ3) is 3.29. The largest absolute Gasteiger partial charge is 0.317 e. The molecular formula is C15H21F2N. The van der Waals surface area contributed by atoms with Gasteiger partial charge in [0.1, 0.15) is 11.6 Å². The Hall–Kier alpha value is -0.960. The predicted molar refractivity (Wildman–Crippen MR) is 69.5 cm³/mol. The molecule has 0 radical (unpaired) electrons. The van der Waals surface area contributed by atoms with Crippen LogP contribution in [0, 0.1) is 17.6 Å². The molecule has 0 aromatic heterocycles. The van der Waals surface area contributed by atoms with Crippen LogP contribution in [0.4, 0.5) is 8.78 Å². The van der Waals surface area contributed by atoms with Gasteiger partial charge in [0.05, 0.1) is 0 Å². The molecule has 3 heteroatoms. The first-order chi connectivity index (χ1) is 8.70. The van der Waals surface area contributed by atoms with Gasteiger partial charge in [-0.2, -0.15) is 0 Å². The molecule has 1 aromatic rings. The summed E-state index contributed by atoms with van der Waals surface area (Å²) in [6.45, 7) is 0. The highest BCUT2D eigenvalue weighted by atomic mass is 19.1. The number of rotatable bonds is 3. The molecule has 2 unspecified atom stereocenters. The third-order valence-electron chi connectivity index (χ3n) is 4.00. The van der Waals surface area contributed by atoms with Gasteiger partial charge >= 0.3 is 0 Å². The maximum absolute atomic E-state index is 13.6. The van der Waals surface area contributed by atoms with E-state index in [1.165, 1.54) is 37.5 Å². The van der Waals surface area contributed by atoms with Crippen molar-refractivity contribution in [3.05, 3.63) is 35.4 Å². The van der Waals surface area contributed by atoms with Crippen molar-refractivity contribution in [2.45, 2.75) is 44.6 Å². The third-order valence-corrected chi connectivity index (χ3v) is 4.00. The summed E-state index contributed by atoms with van der Waals surface area (Å²) in [4.78, 5) is 0. The van der Waals surface area contributed by atoms with Gasteiger partial charge in [-0.3, -0.25) is 0 Å². The minimum absolute atomic E-state index is 0.263. The zero-order valence-electron chi connectivity index (χ0n) is 10.9. The Bertz CT molecular complexity index is 372. The van der Waals surface area contributed by atoms with E-state index in [1.807, 2.05) is 7.05 Å². The van der Waals surface area contributed by atoms with Gasteiger partial charge in [0.2, 0.25) is 0 Å². The molecule has 1 fully saturated rings. The molecule has 2 atom stereocenters. The van der Waals surface area contributed by atoms with Crippen molar-refractivity contribution in [2.75, 3.05) is 7.05 Å². The van der Waals surface area contributed by atoms with E-state index in [-0.39, 0.29) is 5.56 Å². The summed E-state index contributed by atoms with van der Waals surface area (Å²) < 4.78 is 27.3. The molecule has 0 spiro atoms. The van der Waals surface area contributed by atoms with Crippen molar-refractivity contribution < 1.29 is 8.78 Å². The Morgan fingerprint density at radius 1 is 1.17 bits per heavy atom. The average molecular weight is 253 g/mol. The molecule has 0 saturated heterocycles. The minimum Gasteiger partial charge on any atom is -0.317 e. The number of hydrogen-bond donors (Lipinski definition) is 1. The van der Waals surface area contributed by atoms with E-state index in [4.69, 9.17) is 0 Å². The SMILES string of the molecule is CNC1CCCCC(Cc2c(F)cccc2F)C1. The molecular weight excluding hydrogens is 232 g/mol. The van der Waals surface area contributed by atoms with Crippen LogP contribution in [-0.4, -0.2) is 13.1 Å². The summed E-state index contributed by atoms with van der Waals surface area (Å²) in [6.07, 6.45) is 6.17. The van der Waals surface area contributed by atoms with Crippen LogP contribution in [-0.2, 0) is 6.42 Å². The first-order valence-corrected chi connectivity index (χ1v) is 6.81. The topological polar surface area (TPSA) is 12.0 Å². The van der Waals surface area contributed by atoms with E-state index in [0.29, 0.717) is 18.4 Å². The quantitative estimate of drug-likeness (QED) is 0.810. The Morgan fingerprint density at radius 3 is 2.50 bits per heavy atom. The van der Waals surface area contributed by atoms with Gasteiger partial charge in [0.25, 0.3) is 0 Å². The molecule has 1 N–H and O–H groups in total. The monoisotopic (exact) mass is 253 g/mol. The highest BCUT2D eigenvalue weighted by Gasteiger charge is 2.21. The van der Waals surface area contributed by atoms with Crippen molar-refractivity contribution in [1.82, 2.24) is 5.32 Å². The summed E-state index contributed by atoms with van der Waals surface area (Å²) >= 11 is 0. The van der Waals surface area contributed by atoms with Crippen LogP contribution in [0.3, 0.4) is 0 Å². The summed E-state index contributed by atoms with van der Waals surface area (Å²) in [6, 6.07) is 4.62. The first kappa shape index (κ1) is 13.5. The maximum Gasteiger partial charge on any atom is 0.129 e. The van der Waals surface area contributed by atoms with Gasteiger partial charge in [-0.15, -0.1) is 0 Å². The van der Waals surface area contributed by atoms with Crippen LogP contribution in [0.15, 0.2) is 18.2 Å². The molecule has 0 heterocycles. The average Bonchev–Trinajstić information content (AvgIpc) is 2.59. The van der Waals surface area contributed by atoms with E-state index in [2.05, 4.69) is 5.32 Å². The van der Waals surface area contributed by atoms with Crippen LogP contribution in [0.5, 0.6) is 0 Å². The van der Waals surface area contributed by atoms with Crippen molar-refractivity contribution in [2.24, 2.45) is 5.92 Å². The highest BCUT2D eigenvalue weighted by molar-refractivity contribution is 5.20. The number of halogens is 2. The van der Waals surface area contributed by atoms with Crippen molar-refractivity contribution >= 4 is 0 Å². The first-order valence-electron chi connectivity index (χ1n) is 6.81. The summed E-state index contributed by atoms with van der Waals surface area (Å²) in [5.74, 6) is -0.420. The van der Waals surface area contributed by atoms with Crippen LogP contribution < -0.4 is 5.32 Å². The molecule has 0 amide bonds. The molecule has 1 aromatic carbocycles. The molecule has 2 rings (SSSR count). The Morgan fingerprint density at radius 2 is 1.83 bits per heavy atom. The summed E-state index contributed by atoms with van der Waals surface area (Å²) in [5, 5.41) is 3.30. The second-order valence-corrected chi connectivity index (χ2v) is 5.28. The lowest BCUT2D eigenvalue weighted by Gasteiger charge is -2.20. The summed E-state index contributed by atoms with van der Waals surface area (Å²) in [5.41, 5.74) is 0.263. The van der Waals surface area contributed by atoms with Crippen LogP contribution in [0.2, 0.25) is 0 Å². The lowest BCUT2D eigenvalue weighted by molar-refractivity contribution is 0.389. The minimum atomic E-state index is -0.403. The van der Waals surface area contributed by atoms with Crippen molar-refractivity contribution in [1.29, 1.82) is 0 Å². The Kier molecular flexibility index (Phi) is 4.70. The lowest BCUT2D eigenvalue weighted by Crippen LogP contribution is -2.27. The molecule has 1 aliphatic rings. The fraction of sp³-hybridized carbons (Fsp3) is 0.600. The maximum atomic E-state index is 13.6. The van der Waals surface area contributed by atoms with Gasteiger partial charge in [-0.1, -0.05) is 25.3 Å². The summed E-state index contributed by atoms with van der Waals surface area (Å²) in [7, 11) is 1.97. The van der Waals surface area contributed by atoms with E-state index in [1.54, 1.807) is 0 Å². The normalized spacial score (nSPS) is 24.8. The second-order valence-electron chi connectivity index (χ2n) is 5.28. The second kappa shape index (κ2) is 6.28. The lowest BCUT2D eigenvalue weighted by atomic mass is 9.90. The van der Waals surface area contributed by atoms with Gasteiger partial charge < -0.3 is 5.32 Å². The van der Waals surface area contributed by atoms with Gasteiger partial charge in [0, 0.05) is 11.6 Å². The van der Waals surface area contributed by atoms with Crippen LogP contribution in [0.25, 0.3) is 0 Å². The molecule has 1 aliphatic carbocycles. The van der Waals surface area contributed by atoms with Gasteiger partial charge in [-0.25, -0.2) is 8.78 Å². The van der Waals surface area contributed by atoms with E-state index in [9.17, 15) is 8.78 Å². The molecule has 0 bridgehead atoms. The predicted octanol–water partition coefficient (Wildman–Crippen LogP) is 3.68. The Labute approximate surface area is 108 Å². The number of nitrogens with one attached hydrogen (secondary N) is 1. The molecule has 1 saturated carbocycles. The van der Waals surface area contributed by atoms with E-state index in [0.717, 1.165) is 12.8 Å². The smallest absolute Gasteiger partial charge is 0.129 e. The standard InChI is InChI=1S/C15H21F2N/c1-18-12-6-3-2-5-11(9-12)10-13-14(16)7-4-8-15(13)17/h4,7-8,11-12,18H,2-3,5-6,9-10H2,1H3. The van der Waals surface area contributed by atoms with Crippen LogP contribution >= 0.6 is 0 Å². The molecule has 18 heavy (non-hydrogen) atoms. The Balaban J connectivity index is 2.07. The zero-order valence-corrected chi connectivity index (χ0v) is 10.9. The fourth-order valence-electron chi connectivity index (χ4n) is 2.93. The van der Waals surface area contributed by atoms with E-state index >= 15 is 0 Å². The van der Waals surface area contributed by atoms with Crippen molar-refractivity contribution in [3.63, 3.8) is 0 Å². The molecule has 0 aliphatic heterocycles. The molecule has 1 nitrogen and oxygen atoms in total. The molecule has 100 valence electrons. The van der Waals surface area contributed by atoms with Gasteiger partial charge in [0.15, 0.2) is 0 Å². The number of hydrogen-bond acceptors (Lipinski definition) is 1. The highest BCUT2D eigenvalue weighted by Crippen LogP contribution is 2.28. The van der Waals surface area contributed by atoms with Crippen molar-refractivity contribution in [3.8, 4) is 0 Å². The van der Waals surface area contributed by atoms with Crippen LogP contribution in [0.1, 0.15) is 37.7 Å². The van der Waals surface area contributed by atoms with Gasteiger partial charge in [-0.05, 0) is 44.4 Å². The number of benzene rings is 1. The van der Waals surface area contributed by atoms with E-state index < -0.39 is 11.6 Å². The fourth-order valence-corrected chi connectivity index (χ4v) is 2.93. The zero-order chi connectivity index (χ0) is 13.0.